The number of carbonyl (C=O) groups excluding carboxylic acids is 2. The first-order valence-corrected chi connectivity index (χ1v) is 13.0. The number of ketones is 1. The molecule has 2 aliphatic heterocycles. The molecule has 1 amide bonds. The molecule has 4 rings (SSSR count). The van der Waals surface area contributed by atoms with Crippen LogP contribution >= 0.6 is 0 Å². The lowest BCUT2D eigenvalue weighted by atomic mass is 9.95. The highest BCUT2D eigenvalue weighted by Crippen LogP contribution is 2.40. The predicted molar refractivity (Wildman–Crippen MR) is 139 cm³/mol. The maximum Gasteiger partial charge on any atom is 0.295 e. The number of carbonyl (C=O) groups is 2. The fourth-order valence-corrected chi connectivity index (χ4v) is 4.81. The normalized spacial score (nSPS) is 20.1. The highest BCUT2D eigenvalue weighted by Gasteiger charge is 2.45. The quantitative estimate of drug-likeness (QED) is 0.217. The fraction of sp³-hybridized carbons (Fsp3) is 0.448. The molecule has 2 aromatic carbocycles. The van der Waals surface area contributed by atoms with Crippen molar-refractivity contribution in [1.82, 2.24) is 9.80 Å². The molecule has 192 valence electrons. The number of amides is 1. The lowest BCUT2D eigenvalue weighted by molar-refractivity contribution is -0.140. The van der Waals surface area contributed by atoms with E-state index in [4.69, 9.17) is 9.47 Å². The van der Waals surface area contributed by atoms with Gasteiger partial charge in [-0.15, -0.1) is 0 Å². The van der Waals surface area contributed by atoms with Crippen molar-refractivity contribution >= 4 is 17.4 Å². The third kappa shape index (κ3) is 6.15. The Hall–Kier alpha value is -3.16. The van der Waals surface area contributed by atoms with Crippen LogP contribution in [-0.4, -0.2) is 72.6 Å². The van der Waals surface area contributed by atoms with Crippen molar-refractivity contribution in [2.24, 2.45) is 0 Å². The van der Waals surface area contributed by atoms with Gasteiger partial charge in [-0.05, 0) is 30.5 Å². The molecule has 2 saturated heterocycles. The molecule has 2 heterocycles. The van der Waals surface area contributed by atoms with E-state index in [2.05, 4.69) is 11.8 Å². The maximum absolute atomic E-state index is 13.2. The van der Waals surface area contributed by atoms with Gasteiger partial charge in [-0.25, -0.2) is 0 Å². The van der Waals surface area contributed by atoms with Gasteiger partial charge in [0.25, 0.3) is 11.7 Å². The average Bonchev–Trinajstić information content (AvgIpc) is 3.17. The number of hydrogen-bond donors (Lipinski definition) is 1. The van der Waals surface area contributed by atoms with Crippen molar-refractivity contribution in [3.63, 3.8) is 0 Å². The zero-order valence-electron chi connectivity index (χ0n) is 21.0. The number of unbranched alkanes of at least 4 members (excludes halogenated alkanes) is 2. The van der Waals surface area contributed by atoms with Crippen LogP contribution in [0.25, 0.3) is 5.76 Å². The van der Waals surface area contributed by atoms with E-state index in [9.17, 15) is 14.7 Å². The molecule has 1 unspecified atom stereocenters. The zero-order chi connectivity index (χ0) is 25.3. The monoisotopic (exact) mass is 492 g/mol. The number of morpholine rings is 1. The largest absolute Gasteiger partial charge is 0.507 e. The van der Waals surface area contributed by atoms with Gasteiger partial charge in [0.2, 0.25) is 0 Å². The molecule has 2 aromatic rings. The van der Waals surface area contributed by atoms with E-state index >= 15 is 0 Å². The van der Waals surface area contributed by atoms with Crippen molar-refractivity contribution < 1.29 is 24.2 Å². The summed E-state index contributed by atoms with van der Waals surface area (Å²) >= 11 is 0. The van der Waals surface area contributed by atoms with Gasteiger partial charge in [-0.3, -0.25) is 14.5 Å². The van der Waals surface area contributed by atoms with Gasteiger partial charge in [0.05, 0.1) is 31.4 Å². The van der Waals surface area contributed by atoms with Crippen LogP contribution in [0.15, 0.2) is 60.2 Å². The van der Waals surface area contributed by atoms with Crippen molar-refractivity contribution in [1.29, 1.82) is 0 Å². The molecule has 0 saturated carbocycles. The molecule has 0 bridgehead atoms. The van der Waals surface area contributed by atoms with E-state index in [-0.39, 0.29) is 11.3 Å². The van der Waals surface area contributed by atoms with Gasteiger partial charge in [0.15, 0.2) is 0 Å². The topological polar surface area (TPSA) is 79.3 Å². The van der Waals surface area contributed by atoms with E-state index in [1.807, 2.05) is 30.3 Å². The minimum absolute atomic E-state index is 0.126. The molecule has 0 spiro atoms. The highest BCUT2D eigenvalue weighted by atomic mass is 16.5. The average molecular weight is 493 g/mol. The molecule has 1 N–H and O–H groups in total. The standard InChI is InChI=1S/C29H36N2O5/c1-2-3-7-18-36-24-13-8-12-23(21-24)26-25(27(32)22-10-5-4-6-11-22)28(33)29(34)31(26)15-9-14-30-16-19-35-20-17-30/h4-6,8,10-13,21,26,32H,2-3,7,9,14-20H2,1H3. The molecular formula is C29H36N2O5. The van der Waals surface area contributed by atoms with Gasteiger partial charge in [-0.1, -0.05) is 62.2 Å². The van der Waals surface area contributed by atoms with Crippen LogP contribution in [0.3, 0.4) is 0 Å². The van der Waals surface area contributed by atoms with Crippen LogP contribution in [-0.2, 0) is 14.3 Å². The molecular weight excluding hydrogens is 456 g/mol. The first-order chi connectivity index (χ1) is 17.6. The molecule has 36 heavy (non-hydrogen) atoms. The summed E-state index contributed by atoms with van der Waals surface area (Å²) < 4.78 is 11.4. The second-order valence-corrected chi connectivity index (χ2v) is 9.29. The zero-order valence-corrected chi connectivity index (χ0v) is 21.0. The van der Waals surface area contributed by atoms with Crippen LogP contribution < -0.4 is 4.74 Å². The Balaban J connectivity index is 1.62. The van der Waals surface area contributed by atoms with Gasteiger partial charge in [0.1, 0.15) is 11.5 Å². The van der Waals surface area contributed by atoms with Crippen LogP contribution in [0.2, 0.25) is 0 Å². The van der Waals surface area contributed by atoms with Crippen molar-refractivity contribution in [2.75, 3.05) is 46.0 Å². The number of aliphatic hydroxyl groups excluding tert-OH is 1. The van der Waals surface area contributed by atoms with Crippen LogP contribution in [0, 0.1) is 0 Å². The summed E-state index contributed by atoms with van der Waals surface area (Å²) in [5.74, 6) is -0.679. The summed E-state index contributed by atoms with van der Waals surface area (Å²) in [5.41, 5.74) is 1.40. The maximum atomic E-state index is 13.2. The molecule has 0 aliphatic carbocycles. The Bertz CT molecular complexity index is 1060. The van der Waals surface area contributed by atoms with Crippen molar-refractivity contribution in [3.05, 3.63) is 71.3 Å². The summed E-state index contributed by atoms with van der Waals surface area (Å²) in [6.07, 6.45) is 3.90. The molecule has 0 radical (unpaired) electrons. The Morgan fingerprint density at radius 2 is 1.78 bits per heavy atom. The van der Waals surface area contributed by atoms with E-state index in [0.717, 1.165) is 50.9 Å². The minimum Gasteiger partial charge on any atom is -0.507 e. The molecule has 7 heteroatoms. The van der Waals surface area contributed by atoms with Gasteiger partial charge in [0, 0.05) is 31.7 Å². The summed E-state index contributed by atoms with van der Waals surface area (Å²) in [4.78, 5) is 30.4. The number of hydrogen-bond acceptors (Lipinski definition) is 6. The summed E-state index contributed by atoms with van der Waals surface area (Å²) in [7, 11) is 0. The molecule has 2 aliphatic rings. The molecule has 7 nitrogen and oxygen atoms in total. The third-order valence-corrected chi connectivity index (χ3v) is 6.75. The van der Waals surface area contributed by atoms with Gasteiger partial charge < -0.3 is 19.5 Å². The molecule has 2 fully saturated rings. The van der Waals surface area contributed by atoms with Crippen molar-refractivity contribution in [3.8, 4) is 5.75 Å². The lowest BCUT2D eigenvalue weighted by Crippen LogP contribution is -2.38. The van der Waals surface area contributed by atoms with E-state index < -0.39 is 17.7 Å². The first-order valence-electron chi connectivity index (χ1n) is 13.0. The SMILES string of the molecule is CCCCCOc1cccc(C2C(=C(O)c3ccccc3)C(=O)C(=O)N2CCCN2CCOCC2)c1. The van der Waals surface area contributed by atoms with Crippen LogP contribution in [0.1, 0.15) is 49.8 Å². The first kappa shape index (κ1) is 25.9. The number of benzene rings is 2. The Kier molecular flexibility index (Phi) is 9.14. The summed E-state index contributed by atoms with van der Waals surface area (Å²) in [6, 6.07) is 15.8. The highest BCUT2D eigenvalue weighted by molar-refractivity contribution is 6.46. The fourth-order valence-electron chi connectivity index (χ4n) is 4.81. The smallest absolute Gasteiger partial charge is 0.295 e. The van der Waals surface area contributed by atoms with E-state index in [1.165, 1.54) is 0 Å². The van der Waals surface area contributed by atoms with E-state index in [1.54, 1.807) is 29.2 Å². The minimum atomic E-state index is -0.672. The van der Waals surface area contributed by atoms with Gasteiger partial charge >= 0.3 is 0 Å². The number of ether oxygens (including phenoxy) is 2. The van der Waals surface area contributed by atoms with Crippen LogP contribution in [0.5, 0.6) is 5.75 Å². The number of rotatable bonds is 11. The Morgan fingerprint density at radius 3 is 2.53 bits per heavy atom. The summed E-state index contributed by atoms with van der Waals surface area (Å²) in [5, 5.41) is 11.2. The lowest BCUT2D eigenvalue weighted by Gasteiger charge is -2.29. The summed E-state index contributed by atoms with van der Waals surface area (Å²) in [6.45, 7) is 7.16. The number of likely N-dealkylation sites (tertiary alicyclic amines) is 1. The predicted octanol–water partition coefficient (Wildman–Crippen LogP) is 4.40. The van der Waals surface area contributed by atoms with Crippen molar-refractivity contribution in [2.45, 2.75) is 38.6 Å². The Labute approximate surface area is 213 Å². The number of nitrogens with zero attached hydrogens (tertiary/aromatic N) is 2. The number of aliphatic hydroxyl groups is 1. The van der Waals surface area contributed by atoms with Gasteiger partial charge in [-0.2, -0.15) is 0 Å². The second kappa shape index (κ2) is 12.7. The molecule has 1 atom stereocenters. The molecule has 0 aromatic heterocycles. The second-order valence-electron chi connectivity index (χ2n) is 9.29. The Morgan fingerprint density at radius 1 is 1.00 bits per heavy atom. The van der Waals surface area contributed by atoms with E-state index in [0.29, 0.717) is 37.7 Å². The van der Waals surface area contributed by atoms with Crippen LogP contribution in [0.4, 0.5) is 0 Å². The third-order valence-electron chi connectivity index (χ3n) is 6.75. The number of Topliss-reactive ketones (excluding diaryl/α,β-unsaturated/α-hetero) is 1.